The average Bonchev–Trinajstić information content (AvgIpc) is 3.71. The third-order valence-electron chi connectivity index (χ3n) is 11.2. The second-order valence-corrected chi connectivity index (χ2v) is 13.4. The predicted molar refractivity (Wildman–Crippen MR) is 180 cm³/mol. The molecule has 0 bridgehead atoms. The Bertz CT molecular complexity index is 2070. The van der Waals surface area contributed by atoms with Gasteiger partial charge in [0, 0.05) is 41.9 Å². The number of ketones is 1. The molecule has 0 unspecified atom stereocenters. The largest absolute Gasteiger partial charge is 0.324 e. The first-order chi connectivity index (χ1) is 22.0. The van der Waals surface area contributed by atoms with Gasteiger partial charge < -0.3 is 10.2 Å². The molecule has 5 heteroatoms. The van der Waals surface area contributed by atoms with Crippen LogP contribution in [0, 0.1) is 5.41 Å². The van der Waals surface area contributed by atoms with Crippen molar-refractivity contribution >= 4 is 45.0 Å². The van der Waals surface area contributed by atoms with Crippen molar-refractivity contribution in [2.45, 2.75) is 30.3 Å². The summed E-state index contributed by atoms with van der Waals surface area (Å²) in [4.78, 5) is 35.4. The molecule has 1 N–H and O–H groups in total. The monoisotopic (exact) mass is 589 g/mol. The molecule has 222 valence electrons. The lowest BCUT2D eigenvalue weighted by atomic mass is 9.54. The summed E-state index contributed by atoms with van der Waals surface area (Å²) in [5.41, 5.74) is 2.59. The molecule has 4 heterocycles. The van der Waals surface area contributed by atoms with Crippen molar-refractivity contribution in [1.29, 1.82) is 0 Å². The molecule has 0 aliphatic carbocycles. The summed E-state index contributed by atoms with van der Waals surface area (Å²) in [5, 5.41) is 7.88. The zero-order valence-corrected chi connectivity index (χ0v) is 25.4. The highest BCUT2D eigenvalue weighted by molar-refractivity contribution is 6.16. The number of amides is 1. The molecule has 3 saturated heterocycles. The first-order valence-corrected chi connectivity index (χ1v) is 16.1. The lowest BCUT2D eigenvalue weighted by molar-refractivity contribution is -0.147. The van der Waals surface area contributed by atoms with Crippen LogP contribution in [0.5, 0.6) is 0 Å². The van der Waals surface area contributed by atoms with Crippen molar-refractivity contribution in [3.63, 3.8) is 0 Å². The summed E-state index contributed by atoms with van der Waals surface area (Å²) in [6.45, 7) is 1.83. The number of piperidine rings is 1. The summed E-state index contributed by atoms with van der Waals surface area (Å²) in [7, 11) is 2.11. The molecule has 3 fully saturated rings. The van der Waals surface area contributed by atoms with Crippen LogP contribution in [0.15, 0.2) is 115 Å². The normalized spacial score (nSPS) is 28.9. The second-order valence-electron chi connectivity index (χ2n) is 13.4. The molecule has 45 heavy (non-hydrogen) atoms. The summed E-state index contributed by atoms with van der Waals surface area (Å²) in [6.07, 6.45) is 4.06. The molecule has 5 nitrogen and oxygen atoms in total. The van der Waals surface area contributed by atoms with Gasteiger partial charge in [-0.15, -0.1) is 0 Å². The van der Waals surface area contributed by atoms with E-state index in [4.69, 9.17) is 0 Å². The van der Waals surface area contributed by atoms with E-state index < -0.39 is 11.0 Å². The third kappa shape index (κ3) is 3.45. The summed E-state index contributed by atoms with van der Waals surface area (Å²) < 4.78 is 0. The minimum absolute atomic E-state index is 0.0574. The Labute approximate surface area is 263 Å². The molecule has 5 aromatic rings. The second kappa shape index (κ2) is 9.71. The zero-order chi connectivity index (χ0) is 30.3. The van der Waals surface area contributed by atoms with Crippen LogP contribution in [0.2, 0.25) is 0 Å². The van der Waals surface area contributed by atoms with Crippen LogP contribution in [-0.2, 0) is 15.1 Å². The molecule has 4 aliphatic heterocycles. The Morgan fingerprint density at radius 1 is 0.800 bits per heavy atom. The van der Waals surface area contributed by atoms with Crippen LogP contribution < -0.4 is 5.32 Å². The molecule has 2 spiro atoms. The number of hydrogen-bond acceptors (Lipinski definition) is 4. The zero-order valence-electron chi connectivity index (χ0n) is 25.4. The molecule has 4 aliphatic rings. The van der Waals surface area contributed by atoms with Gasteiger partial charge in [-0.3, -0.25) is 14.5 Å². The van der Waals surface area contributed by atoms with Gasteiger partial charge in [-0.2, -0.15) is 0 Å². The third-order valence-corrected chi connectivity index (χ3v) is 11.2. The molecular formula is C40H35N3O2. The van der Waals surface area contributed by atoms with Gasteiger partial charge in [0.15, 0.2) is 5.78 Å². The van der Waals surface area contributed by atoms with Crippen molar-refractivity contribution in [1.82, 2.24) is 9.80 Å². The molecule has 0 saturated carbocycles. The van der Waals surface area contributed by atoms with Gasteiger partial charge >= 0.3 is 0 Å². The van der Waals surface area contributed by atoms with Gasteiger partial charge in [0.05, 0.1) is 5.41 Å². The van der Waals surface area contributed by atoms with Crippen LogP contribution >= 0.6 is 0 Å². The molecule has 5 aromatic carbocycles. The van der Waals surface area contributed by atoms with Crippen LogP contribution in [0.4, 0.5) is 5.69 Å². The smallest absolute Gasteiger partial charge is 0.250 e. The quantitative estimate of drug-likeness (QED) is 0.226. The van der Waals surface area contributed by atoms with E-state index in [1.807, 2.05) is 24.3 Å². The number of fused-ring (bicyclic) bond motifs is 7. The maximum atomic E-state index is 15.8. The number of anilines is 1. The minimum Gasteiger partial charge on any atom is -0.324 e. The lowest BCUT2D eigenvalue weighted by Crippen LogP contribution is -2.65. The Kier molecular flexibility index (Phi) is 5.78. The fourth-order valence-corrected chi connectivity index (χ4v) is 9.73. The van der Waals surface area contributed by atoms with Crippen LogP contribution in [-0.4, -0.2) is 54.2 Å². The number of carbonyl (C=O) groups excluding carboxylic acids is 2. The van der Waals surface area contributed by atoms with Gasteiger partial charge in [-0.05, 0) is 71.2 Å². The van der Waals surface area contributed by atoms with E-state index in [0.717, 1.165) is 57.9 Å². The van der Waals surface area contributed by atoms with Gasteiger partial charge in [0.1, 0.15) is 5.54 Å². The molecule has 0 aromatic heterocycles. The predicted octanol–water partition coefficient (Wildman–Crippen LogP) is 6.99. The Balaban J connectivity index is 1.36. The molecule has 4 atom stereocenters. The van der Waals surface area contributed by atoms with Crippen molar-refractivity contribution in [2.24, 2.45) is 5.41 Å². The molecule has 1 amide bonds. The van der Waals surface area contributed by atoms with Crippen molar-refractivity contribution in [3.05, 3.63) is 131 Å². The number of likely N-dealkylation sites (N-methyl/N-ethyl adjacent to an activating group) is 1. The topological polar surface area (TPSA) is 52.7 Å². The first-order valence-electron chi connectivity index (χ1n) is 16.1. The van der Waals surface area contributed by atoms with Crippen LogP contribution in [0.1, 0.15) is 35.4 Å². The number of Topliss-reactive ketones (excluding diaryl/α,β-unsaturated/α-hetero) is 1. The van der Waals surface area contributed by atoms with E-state index in [2.05, 4.69) is 113 Å². The number of nitrogens with one attached hydrogen (secondary N) is 1. The summed E-state index contributed by atoms with van der Waals surface area (Å²) >= 11 is 0. The SMILES string of the molecule is CN1C/C(=C\c2cccc3ccccc23)C(=O)[C@]2(C1)[C@@H](c1cccc3ccccc13)[C@@H]1CCCN1[C@@]21C(=O)Nc2ccccc21. The minimum atomic E-state index is -1.12. The number of hydrogen-bond donors (Lipinski definition) is 1. The maximum absolute atomic E-state index is 15.8. The highest BCUT2D eigenvalue weighted by atomic mass is 16.2. The highest BCUT2D eigenvalue weighted by Gasteiger charge is 2.78. The number of carbonyl (C=O) groups is 2. The summed E-state index contributed by atoms with van der Waals surface area (Å²) in [5.74, 6) is -0.131. The molecule has 0 radical (unpaired) electrons. The van der Waals surface area contributed by atoms with Crippen molar-refractivity contribution in [3.8, 4) is 0 Å². The van der Waals surface area contributed by atoms with Gasteiger partial charge in [0.25, 0.3) is 5.91 Å². The Hall–Kier alpha value is -4.58. The van der Waals surface area contributed by atoms with E-state index in [0.29, 0.717) is 13.1 Å². The molecular weight excluding hydrogens is 554 g/mol. The van der Waals surface area contributed by atoms with E-state index in [9.17, 15) is 4.79 Å². The fourth-order valence-electron chi connectivity index (χ4n) is 9.73. The van der Waals surface area contributed by atoms with E-state index in [1.54, 1.807) is 0 Å². The van der Waals surface area contributed by atoms with E-state index in [1.165, 1.54) is 10.9 Å². The number of nitrogens with zero attached hydrogens (tertiary/aromatic N) is 2. The fraction of sp³-hybridized carbons (Fsp3) is 0.250. The number of para-hydroxylation sites is 1. The van der Waals surface area contributed by atoms with Crippen LogP contribution in [0.3, 0.4) is 0 Å². The Morgan fingerprint density at radius 2 is 1.49 bits per heavy atom. The van der Waals surface area contributed by atoms with Crippen molar-refractivity contribution < 1.29 is 9.59 Å². The average molecular weight is 590 g/mol. The number of benzene rings is 5. The van der Waals surface area contributed by atoms with Gasteiger partial charge in [-0.1, -0.05) is 103 Å². The van der Waals surface area contributed by atoms with E-state index in [-0.39, 0.29) is 23.7 Å². The van der Waals surface area contributed by atoms with E-state index >= 15 is 4.79 Å². The van der Waals surface area contributed by atoms with Gasteiger partial charge in [-0.25, -0.2) is 0 Å². The lowest BCUT2D eigenvalue weighted by Gasteiger charge is -2.51. The number of rotatable bonds is 2. The maximum Gasteiger partial charge on any atom is 0.250 e. The van der Waals surface area contributed by atoms with Crippen LogP contribution in [0.25, 0.3) is 27.6 Å². The highest BCUT2D eigenvalue weighted by Crippen LogP contribution is 2.69. The molecule has 9 rings (SSSR count). The van der Waals surface area contributed by atoms with Gasteiger partial charge in [0.2, 0.25) is 0 Å². The summed E-state index contributed by atoms with van der Waals surface area (Å²) in [6, 6.07) is 37.8. The Morgan fingerprint density at radius 3 is 2.33 bits per heavy atom. The first kappa shape index (κ1) is 26.8. The standard InChI is InChI=1S/C40H35N3O2/c1-42-24-29(23-28-15-8-13-26-11-2-4-16-30(26)28)37(44)39(25-42)36(32-18-9-14-27-12-3-5-17-31(27)32)35-21-10-22-43(35)40(39)33-19-6-7-20-34(33)41-38(40)45/h2-9,11-20,23,35-36H,10,21-22,24-25H2,1H3,(H,41,45)/b29-23+/t35-,36-,39-,40-/m0/s1. The number of likely N-dealkylation sites (tertiary alicyclic amines) is 1. The van der Waals surface area contributed by atoms with Crippen molar-refractivity contribution in [2.75, 3.05) is 32.0 Å².